The Balaban J connectivity index is 1.90. The average Bonchev–Trinajstić information content (AvgIpc) is 3.04. The number of rotatable bonds is 4. The molecule has 104 valence electrons. The summed E-state index contributed by atoms with van der Waals surface area (Å²) in [5.74, 6) is -0.742. The number of benzene rings is 1. The molecule has 20 heavy (non-hydrogen) atoms. The monoisotopic (exact) mass is 287 g/mol. The number of carbonyl (C=O) groups is 1. The van der Waals surface area contributed by atoms with Crippen LogP contribution in [0, 0.1) is 0 Å². The van der Waals surface area contributed by atoms with Gasteiger partial charge in [0.2, 0.25) is 0 Å². The lowest BCUT2D eigenvalue weighted by atomic mass is 10.1. The van der Waals surface area contributed by atoms with Crippen molar-refractivity contribution in [1.82, 2.24) is 0 Å². The molecule has 1 aliphatic rings. The summed E-state index contributed by atoms with van der Waals surface area (Å²) in [6, 6.07) is 11.8. The minimum absolute atomic E-state index is 0.445. The molecule has 3 rings (SSSR count). The van der Waals surface area contributed by atoms with E-state index in [2.05, 4.69) is 19.1 Å². The van der Waals surface area contributed by atoms with Crippen LogP contribution in [0.15, 0.2) is 36.4 Å². The van der Waals surface area contributed by atoms with Gasteiger partial charge in [-0.25, -0.2) is 4.79 Å². The second kappa shape index (κ2) is 5.29. The molecule has 0 spiro atoms. The molecule has 1 N–H and O–H groups in total. The zero-order chi connectivity index (χ0) is 14.1. The minimum Gasteiger partial charge on any atom is -0.480 e. The van der Waals surface area contributed by atoms with Crippen LogP contribution in [0.3, 0.4) is 0 Å². The van der Waals surface area contributed by atoms with Gasteiger partial charge in [0, 0.05) is 21.9 Å². The standard InChI is InChI=1S/C16H17NO2S/c1-2-12-7-8-13(20-12)10-17-14-6-4-3-5-11(14)9-15(17)16(18)19/h3-8,15H,2,9-10H2,1H3,(H,18,19). The van der Waals surface area contributed by atoms with Crippen LogP contribution >= 0.6 is 11.3 Å². The highest BCUT2D eigenvalue weighted by molar-refractivity contribution is 7.12. The lowest BCUT2D eigenvalue weighted by molar-refractivity contribution is -0.138. The summed E-state index contributed by atoms with van der Waals surface area (Å²) in [7, 11) is 0. The smallest absolute Gasteiger partial charge is 0.326 e. The lowest BCUT2D eigenvalue weighted by Crippen LogP contribution is -2.37. The van der Waals surface area contributed by atoms with Gasteiger partial charge in [0.15, 0.2) is 0 Å². The van der Waals surface area contributed by atoms with Crippen molar-refractivity contribution in [3.63, 3.8) is 0 Å². The fourth-order valence-electron chi connectivity index (χ4n) is 2.73. The number of hydrogen-bond acceptors (Lipinski definition) is 3. The van der Waals surface area contributed by atoms with E-state index in [1.807, 2.05) is 29.2 Å². The molecule has 1 aliphatic heterocycles. The highest BCUT2D eigenvalue weighted by atomic mass is 32.1. The number of hydrogen-bond donors (Lipinski definition) is 1. The van der Waals surface area contributed by atoms with Gasteiger partial charge >= 0.3 is 5.97 Å². The second-order valence-electron chi connectivity index (χ2n) is 5.04. The van der Waals surface area contributed by atoms with E-state index in [0.29, 0.717) is 13.0 Å². The summed E-state index contributed by atoms with van der Waals surface area (Å²) in [5.41, 5.74) is 2.19. The molecular weight excluding hydrogens is 270 g/mol. The maximum atomic E-state index is 11.5. The Morgan fingerprint density at radius 2 is 2.05 bits per heavy atom. The van der Waals surface area contributed by atoms with Gasteiger partial charge < -0.3 is 10.0 Å². The predicted molar refractivity (Wildman–Crippen MR) is 81.4 cm³/mol. The molecule has 1 unspecified atom stereocenters. The van der Waals surface area contributed by atoms with Crippen LogP contribution in [0.1, 0.15) is 22.2 Å². The van der Waals surface area contributed by atoms with Gasteiger partial charge in [-0.15, -0.1) is 11.3 Å². The van der Waals surface area contributed by atoms with Crippen LogP contribution in [0.25, 0.3) is 0 Å². The van der Waals surface area contributed by atoms with Gasteiger partial charge in [0.25, 0.3) is 0 Å². The highest BCUT2D eigenvalue weighted by Gasteiger charge is 2.34. The minimum atomic E-state index is -0.742. The number of aryl methyl sites for hydroxylation is 1. The van der Waals surface area contributed by atoms with Crippen LogP contribution in [-0.4, -0.2) is 17.1 Å². The molecule has 0 saturated carbocycles. The SMILES string of the molecule is CCc1ccc(CN2c3ccccc3CC2C(=O)O)s1. The lowest BCUT2D eigenvalue weighted by Gasteiger charge is -2.24. The number of anilines is 1. The Morgan fingerprint density at radius 1 is 1.30 bits per heavy atom. The van der Waals surface area contributed by atoms with Gasteiger partial charge in [-0.05, 0) is 30.2 Å². The van der Waals surface area contributed by atoms with Crippen LogP contribution in [0.2, 0.25) is 0 Å². The van der Waals surface area contributed by atoms with E-state index >= 15 is 0 Å². The average molecular weight is 287 g/mol. The van der Waals surface area contributed by atoms with Gasteiger partial charge in [0.1, 0.15) is 6.04 Å². The Morgan fingerprint density at radius 3 is 2.75 bits per heavy atom. The third-order valence-corrected chi connectivity index (χ3v) is 4.98. The number of carboxylic acid groups (broad SMARTS) is 1. The zero-order valence-corrected chi connectivity index (χ0v) is 12.2. The van der Waals surface area contributed by atoms with E-state index in [-0.39, 0.29) is 0 Å². The van der Waals surface area contributed by atoms with E-state index in [0.717, 1.165) is 17.7 Å². The number of nitrogens with zero attached hydrogens (tertiary/aromatic N) is 1. The van der Waals surface area contributed by atoms with Crippen molar-refractivity contribution in [1.29, 1.82) is 0 Å². The Kier molecular flexibility index (Phi) is 3.49. The number of fused-ring (bicyclic) bond motifs is 1. The first-order chi connectivity index (χ1) is 9.69. The summed E-state index contributed by atoms with van der Waals surface area (Å²) in [4.78, 5) is 16.1. The van der Waals surface area contributed by atoms with Gasteiger partial charge in [-0.1, -0.05) is 25.1 Å². The zero-order valence-electron chi connectivity index (χ0n) is 11.4. The van der Waals surface area contributed by atoms with Crippen molar-refractivity contribution in [2.75, 3.05) is 4.90 Å². The van der Waals surface area contributed by atoms with E-state index in [4.69, 9.17) is 0 Å². The fraction of sp³-hybridized carbons (Fsp3) is 0.312. The van der Waals surface area contributed by atoms with Gasteiger partial charge in [-0.2, -0.15) is 0 Å². The Hall–Kier alpha value is -1.81. The largest absolute Gasteiger partial charge is 0.480 e. The molecule has 2 heterocycles. The third kappa shape index (κ3) is 2.31. The molecule has 0 amide bonds. The predicted octanol–water partition coefficient (Wildman–Crippen LogP) is 3.33. The number of carboxylic acids is 1. The van der Waals surface area contributed by atoms with Gasteiger partial charge in [0.05, 0.1) is 6.54 Å². The van der Waals surface area contributed by atoms with Crippen molar-refractivity contribution in [2.45, 2.75) is 32.4 Å². The fourth-order valence-corrected chi connectivity index (χ4v) is 3.69. The molecule has 1 atom stereocenters. The maximum absolute atomic E-state index is 11.5. The molecule has 1 aromatic heterocycles. The Labute approximate surface area is 122 Å². The first kappa shape index (κ1) is 13.2. The van der Waals surface area contributed by atoms with Gasteiger partial charge in [-0.3, -0.25) is 0 Å². The molecular formula is C16H17NO2S. The number of aliphatic carboxylic acids is 1. The summed E-state index contributed by atoms with van der Waals surface area (Å²) in [5, 5.41) is 9.45. The van der Waals surface area contributed by atoms with E-state index < -0.39 is 12.0 Å². The first-order valence-corrected chi connectivity index (χ1v) is 7.65. The van der Waals surface area contributed by atoms with Crippen molar-refractivity contribution < 1.29 is 9.90 Å². The van der Waals surface area contributed by atoms with Crippen LogP contribution < -0.4 is 4.90 Å². The van der Waals surface area contributed by atoms with Crippen LogP contribution in [0.4, 0.5) is 5.69 Å². The van der Waals surface area contributed by atoms with Crippen molar-refractivity contribution >= 4 is 23.0 Å². The van der Waals surface area contributed by atoms with Crippen LogP contribution in [0.5, 0.6) is 0 Å². The maximum Gasteiger partial charge on any atom is 0.326 e. The van der Waals surface area contributed by atoms with E-state index in [9.17, 15) is 9.90 Å². The molecule has 0 bridgehead atoms. The summed E-state index contributed by atoms with van der Waals surface area (Å²) in [6.07, 6.45) is 1.63. The third-order valence-electron chi connectivity index (χ3n) is 3.77. The molecule has 0 saturated heterocycles. The van der Waals surface area contributed by atoms with E-state index in [1.165, 1.54) is 9.75 Å². The summed E-state index contributed by atoms with van der Waals surface area (Å²) < 4.78 is 0. The molecule has 4 heteroatoms. The van der Waals surface area contributed by atoms with Crippen LogP contribution in [-0.2, 0) is 24.2 Å². The molecule has 1 aromatic carbocycles. The van der Waals surface area contributed by atoms with Crippen molar-refractivity contribution in [2.24, 2.45) is 0 Å². The highest BCUT2D eigenvalue weighted by Crippen LogP contribution is 2.34. The summed E-state index contributed by atoms with van der Waals surface area (Å²) >= 11 is 1.77. The summed E-state index contributed by atoms with van der Waals surface area (Å²) in [6.45, 7) is 2.82. The topological polar surface area (TPSA) is 40.5 Å². The van der Waals surface area contributed by atoms with Crippen molar-refractivity contribution in [3.8, 4) is 0 Å². The first-order valence-electron chi connectivity index (χ1n) is 6.84. The number of thiophene rings is 1. The Bertz CT molecular complexity index is 635. The van der Waals surface area contributed by atoms with E-state index in [1.54, 1.807) is 11.3 Å². The molecule has 0 aliphatic carbocycles. The molecule has 0 fully saturated rings. The molecule has 2 aromatic rings. The van der Waals surface area contributed by atoms with Crippen molar-refractivity contribution in [3.05, 3.63) is 51.7 Å². The molecule has 0 radical (unpaired) electrons. The second-order valence-corrected chi connectivity index (χ2v) is 6.29. The quantitative estimate of drug-likeness (QED) is 0.937. The normalized spacial score (nSPS) is 17.2. The number of para-hydroxylation sites is 1. The molecule has 3 nitrogen and oxygen atoms in total.